The summed E-state index contributed by atoms with van der Waals surface area (Å²) in [7, 11) is 1.98. The molecule has 1 fully saturated rings. The molecule has 0 radical (unpaired) electrons. The highest BCUT2D eigenvalue weighted by molar-refractivity contribution is 8.74. The Labute approximate surface area is 135 Å². The maximum atomic E-state index is 12.9. The molecule has 110 valence electrons. The van der Waals surface area contributed by atoms with Crippen molar-refractivity contribution in [3.8, 4) is 0 Å². The van der Waals surface area contributed by atoms with E-state index in [1.165, 1.54) is 4.90 Å². The van der Waals surface area contributed by atoms with Crippen LogP contribution >= 0.6 is 10.8 Å². The first-order valence-electron chi connectivity index (χ1n) is 7.17. The van der Waals surface area contributed by atoms with Crippen LogP contribution < -0.4 is 0 Å². The van der Waals surface area contributed by atoms with Crippen LogP contribution in [-0.4, -0.2) is 27.3 Å². The minimum absolute atomic E-state index is 0.0865. The van der Waals surface area contributed by atoms with Crippen molar-refractivity contribution in [1.82, 2.24) is 9.97 Å². The molecule has 5 heteroatoms. The van der Waals surface area contributed by atoms with E-state index in [0.29, 0.717) is 0 Å². The van der Waals surface area contributed by atoms with Gasteiger partial charge in [-0.05, 0) is 18.2 Å². The van der Waals surface area contributed by atoms with Crippen LogP contribution in [0.4, 0.5) is 0 Å². The number of nitrogens with zero attached hydrogens (tertiary/aromatic N) is 1. The van der Waals surface area contributed by atoms with Gasteiger partial charge in [0, 0.05) is 28.9 Å². The molecule has 3 nitrogen and oxygen atoms in total. The molecule has 3 aromatic rings. The molecule has 0 amide bonds. The first-order chi connectivity index (χ1) is 10.8. The Morgan fingerprint density at radius 2 is 2.18 bits per heavy atom. The Hall–Kier alpha value is -1.72. The van der Waals surface area contributed by atoms with Crippen molar-refractivity contribution in [1.29, 1.82) is 0 Å². The van der Waals surface area contributed by atoms with Crippen molar-refractivity contribution in [3.05, 3.63) is 60.6 Å². The van der Waals surface area contributed by atoms with E-state index in [1.807, 2.05) is 53.5 Å². The van der Waals surface area contributed by atoms with Gasteiger partial charge in [-0.15, -0.1) is 0 Å². The Kier molecular flexibility index (Phi) is 3.68. The fourth-order valence-corrected chi connectivity index (χ4v) is 7.42. The summed E-state index contributed by atoms with van der Waals surface area (Å²) in [6.45, 7) is 0. The first-order valence-corrected chi connectivity index (χ1v) is 10.1. The number of ketones is 1. The number of fused-ring (bicyclic) bond motifs is 1. The molecule has 1 N–H and O–H groups in total. The van der Waals surface area contributed by atoms with Gasteiger partial charge in [0.2, 0.25) is 0 Å². The Bertz CT molecular complexity index is 816. The lowest BCUT2D eigenvalue weighted by atomic mass is 10.0. The number of rotatable bonds is 3. The molecule has 1 aliphatic rings. The van der Waals surface area contributed by atoms with Crippen LogP contribution in [0, 0.1) is 5.92 Å². The standard InChI is InChI=1S/C17H14N2OS2/c20-17(15-9-19-16-6-2-1-5-14(15)16)12-10-21-22(11-12)13-4-3-7-18-8-13/h1-9,12H,10-11H2/p+1. The van der Waals surface area contributed by atoms with E-state index in [1.54, 1.807) is 6.20 Å². The predicted molar refractivity (Wildman–Crippen MR) is 93.3 cm³/mol. The van der Waals surface area contributed by atoms with Crippen LogP contribution in [0.1, 0.15) is 10.4 Å². The van der Waals surface area contributed by atoms with Gasteiger partial charge in [-0.1, -0.05) is 18.2 Å². The van der Waals surface area contributed by atoms with Gasteiger partial charge in [-0.25, -0.2) is 0 Å². The van der Waals surface area contributed by atoms with Gasteiger partial charge in [-0.2, -0.15) is 0 Å². The van der Waals surface area contributed by atoms with Crippen molar-refractivity contribution in [2.24, 2.45) is 5.92 Å². The first kappa shape index (κ1) is 13.9. The minimum Gasteiger partial charge on any atom is -0.360 e. The molecule has 1 saturated heterocycles. The summed E-state index contributed by atoms with van der Waals surface area (Å²) in [6.07, 6.45) is 5.58. The summed E-state index contributed by atoms with van der Waals surface area (Å²) in [5.41, 5.74) is 1.86. The molecule has 2 aromatic heterocycles. The second-order valence-electron chi connectivity index (χ2n) is 5.29. The molecule has 2 atom stereocenters. The number of hydrogen-bond acceptors (Lipinski definition) is 3. The SMILES string of the molecule is O=C(c1c[nH]c2ccccc12)C1CS[S+](c2cccnc2)C1. The molecule has 0 aliphatic carbocycles. The molecule has 0 bridgehead atoms. The number of H-pyrrole nitrogens is 1. The number of Topliss-reactive ketones (excluding diaryl/α,β-unsaturated/α-hetero) is 1. The molecule has 22 heavy (non-hydrogen) atoms. The van der Waals surface area contributed by atoms with E-state index < -0.39 is 0 Å². The smallest absolute Gasteiger partial charge is 0.186 e. The van der Waals surface area contributed by atoms with Crippen molar-refractivity contribution in [3.63, 3.8) is 0 Å². The fraction of sp³-hybridized carbons (Fsp3) is 0.176. The Morgan fingerprint density at radius 1 is 1.27 bits per heavy atom. The average molecular weight is 327 g/mol. The number of hydrogen-bond donors (Lipinski definition) is 1. The number of carbonyl (C=O) groups excluding carboxylic acids is 1. The highest BCUT2D eigenvalue weighted by Crippen LogP contribution is 2.38. The highest BCUT2D eigenvalue weighted by atomic mass is 33.1. The summed E-state index contributed by atoms with van der Waals surface area (Å²) in [6, 6.07) is 12.1. The lowest BCUT2D eigenvalue weighted by Crippen LogP contribution is -2.18. The Balaban J connectivity index is 1.57. The van der Waals surface area contributed by atoms with Crippen molar-refractivity contribution in [2.45, 2.75) is 4.90 Å². The summed E-state index contributed by atoms with van der Waals surface area (Å²) in [5.74, 6) is 2.20. The zero-order chi connectivity index (χ0) is 14.9. The van der Waals surface area contributed by atoms with E-state index in [4.69, 9.17) is 0 Å². The third kappa shape index (κ3) is 2.44. The molecule has 0 saturated carbocycles. The molecular weight excluding hydrogens is 312 g/mol. The van der Waals surface area contributed by atoms with Crippen LogP contribution in [0.5, 0.6) is 0 Å². The summed E-state index contributed by atoms with van der Waals surface area (Å²) >= 11 is 0. The monoisotopic (exact) mass is 327 g/mol. The normalized spacial score (nSPS) is 21.3. The highest BCUT2D eigenvalue weighted by Gasteiger charge is 2.41. The average Bonchev–Trinajstić information content (AvgIpc) is 3.22. The second kappa shape index (κ2) is 5.82. The lowest BCUT2D eigenvalue weighted by molar-refractivity contribution is 0.0947. The largest absolute Gasteiger partial charge is 0.360 e. The van der Waals surface area contributed by atoms with E-state index in [9.17, 15) is 4.79 Å². The van der Waals surface area contributed by atoms with Gasteiger partial charge in [-0.3, -0.25) is 9.78 Å². The number of para-hydroxylation sites is 1. The molecular formula is C17H15N2OS2+. The van der Waals surface area contributed by atoms with Gasteiger partial charge in [0.15, 0.2) is 10.7 Å². The molecule has 3 heterocycles. The number of benzene rings is 1. The fourth-order valence-electron chi connectivity index (χ4n) is 2.74. The quantitative estimate of drug-likeness (QED) is 0.453. The van der Waals surface area contributed by atoms with Crippen LogP contribution in [0.25, 0.3) is 10.9 Å². The van der Waals surface area contributed by atoms with Crippen LogP contribution in [0.3, 0.4) is 0 Å². The third-order valence-corrected chi connectivity index (χ3v) is 8.43. The second-order valence-corrected chi connectivity index (χ2v) is 9.27. The van der Waals surface area contributed by atoms with Gasteiger partial charge >= 0.3 is 0 Å². The molecule has 1 aromatic carbocycles. The zero-order valence-corrected chi connectivity index (χ0v) is 13.5. The van der Waals surface area contributed by atoms with Gasteiger partial charge < -0.3 is 4.98 Å². The predicted octanol–water partition coefficient (Wildman–Crippen LogP) is 3.70. The van der Waals surface area contributed by atoms with E-state index in [-0.39, 0.29) is 21.6 Å². The summed E-state index contributed by atoms with van der Waals surface area (Å²) in [4.78, 5) is 21.5. The molecule has 1 aliphatic heterocycles. The topological polar surface area (TPSA) is 45.8 Å². The molecule has 0 spiro atoms. The molecule has 4 rings (SSSR count). The van der Waals surface area contributed by atoms with Gasteiger partial charge in [0.25, 0.3) is 0 Å². The summed E-state index contributed by atoms with van der Waals surface area (Å²) < 4.78 is 0. The van der Waals surface area contributed by atoms with Crippen LogP contribution in [0.2, 0.25) is 0 Å². The Morgan fingerprint density at radius 3 is 3.05 bits per heavy atom. The lowest BCUT2D eigenvalue weighted by Gasteiger charge is -2.03. The maximum absolute atomic E-state index is 12.9. The van der Waals surface area contributed by atoms with Crippen molar-refractivity contribution >= 4 is 37.4 Å². The number of aromatic amines is 1. The zero-order valence-electron chi connectivity index (χ0n) is 11.9. The van der Waals surface area contributed by atoms with Crippen molar-refractivity contribution < 1.29 is 4.79 Å². The van der Waals surface area contributed by atoms with Gasteiger partial charge in [0.1, 0.15) is 5.75 Å². The summed E-state index contributed by atoms with van der Waals surface area (Å²) in [5, 5.41) is 1.03. The number of carbonyl (C=O) groups is 1. The molecule has 2 unspecified atom stereocenters. The van der Waals surface area contributed by atoms with E-state index in [0.717, 1.165) is 28.0 Å². The number of pyridine rings is 1. The van der Waals surface area contributed by atoms with Gasteiger partial charge in [0.05, 0.1) is 38.6 Å². The maximum Gasteiger partial charge on any atom is 0.186 e. The number of nitrogens with one attached hydrogen (secondary N) is 1. The van der Waals surface area contributed by atoms with Crippen LogP contribution in [0.15, 0.2) is 59.9 Å². The minimum atomic E-state index is 0.0865. The van der Waals surface area contributed by atoms with E-state index in [2.05, 4.69) is 16.0 Å². The number of aromatic nitrogens is 2. The van der Waals surface area contributed by atoms with E-state index >= 15 is 0 Å². The van der Waals surface area contributed by atoms with Crippen molar-refractivity contribution in [2.75, 3.05) is 11.5 Å². The van der Waals surface area contributed by atoms with Crippen LogP contribution in [-0.2, 0) is 9.93 Å². The third-order valence-electron chi connectivity index (χ3n) is 3.89.